The molecular formula is C35H61N5O7. The monoisotopic (exact) mass is 663 g/mol. The molecule has 2 N–H and O–H groups in total. The molecule has 0 aliphatic carbocycles. The van der Waals surface area contributed by atoms with Gasteiger partial charge in [0.1, 0.15) is 29.4 Å². The van der Waals surface area contributed by atoms with Crippen molar-refractivity contribution in [2.45, 2.75) is 133 Å². The number of aldehydes is 2. The van der Waals surface area contributed by atoms with Crippen LogP contribution in [0.5, 0.6) is 0 Å². The van der Waals surface area contributed by atoms with Crippen LogP contribution in [0.15, 0.2) is 72.4 Å². The summed E-state index contributed by atoms with van der Waals surface area (Å²) in [7, 11) is 0. The topological polar surface area (TPSA) is 164 Å². The highest BCUT2D eigenvalue weighted by Gasteiger charge is 2.21. The van der Waals surface area contributed by atoms with E-state index in [0.29, 0.717) is 12.8 Å². The summed E-state index contributed by atoms with van der Waals surface area (Å²) in [5, 5.41) is 32.9. The van der Waals surface area contributed by atoms with Gasteiger partial charge in [-0.3, -0.25) is 4.79 Å². The van der Waals surface area contributed by atoms with Gasteiger partial charge in [0, 0.05) is 31.7 Å². The molecule has 0 saturated heterocycles. The molecular weight excluding hydrogens is 602 g/mol. The van der Waals surface area contributed by atoms with Gasteiger partial charge < -0.3 is 29.7 Å². The minimum atomic E-state index is -0.506. The van der Waals surface area contributed by atoms with Gasteiger partial charge in [0.15, 0.2) is 0 Å². The lowest BCUT2D eigenvalue weighted by Crippen LogP contribution is -2.22. The molecule has 0 aromatic rings. The minimum Gasteiger partial charge on any atom is -0.411 e. The van der Waals surface area contributed by atoms with Crippen LogP contribution >= 0.6 is 0 Å². The van der Waals surface area contributed by atoms with Crippen molar-refractivity contribution in [3.63, 3.8) is 0 Å². The summed E-state index contributed by atoms with van der Waals surface area (Å²) < 4.78 is 0. The molecule has 0 amide bonds. The van der Waals surface area contributed by atoms with Crippen LogP contribution in [-0.4, -0.2) is 70.9 Å². The van der Waals surface area contributed by atoms with Gasteiger partial charge in [0.05, 0.1) is 18.6 Å². The van der Waals surface area contributed by atoms with Crippen molar-refractivity contribution in [3.05, 3.63) is 46.6 Å². The Morgan fingerprint density at radius 3 is 1.40 bits per heavy atom. The van der Waals surface area contributed by atoms with E-state index in [0.717, 1.165) is 41.3 Å². The fourth-order valence-corrected chi connectivity index (χ4v) is 2.03. The van der Waals surface area contributed by atoms with E-state index in [-0.39, 0.29) is 5.60 Å². The summed E-state index contributed by atoms with van der Waals surface area (Å²) in [6, 6.07) is 0. The lowest BCUT2D eigenvalue weighted by molar-refractivity contribution is -0.113. The summed E-state index contributed by atoms with van der Waals surface area (Å²) >= 11 is 0. The van der Waals surface area contributed by atoms with Gasteiger partial charge in [0.25, 0.3) is 0 Å². The molecule has 0 bridgehead atoms. The number of oxime groups is 5. The van der Waals surface area contributed by atoms with Crippen LogP contribution in [0.4, 0.5) is 0 Å². The minimum absolute atomic E-state index is 0.0278. The van der Waals surface area contributed by atoms with Crippen LogP contribution in [0.25, 0.3) is 0 Å². The van der Waals surface area contributed by atoms with Crippen LogP contribution in [0.3, 0.4) is 0 Å². The molecule has 1 aliphatic rings. The van der Waals surface area contributed by atoms with E-state index in [1.54, 1.807) is 24.7 Å². The SMILES string of the molecule is CC(C)=CC=NO.CC(C)=CC=NOC(C)(C)CC=NO.CC(C)=CC=NOC(C)(C)CC=O.CC(C)=CC=O.CC1(C)CC=NO1. The van der Waals surface area contributed by atoms with Gasteiger partial charge >= 0.3 is 0 Å². The Kier molecular flexibility index (Phi) is 31.9. The molecule has 0 spiro atoms. The Morgan fingerprint density at radius 1 is 0.745 bits per heavy atom. The van der Waals surface area contributed by atoms with E-state index >= 15 is 0 Å². The number of rotatable bonds is 12. The Morgan fingerprint density at radius 2 is 1.17 bits per heavy atom. The lowest BCUT2D eigenvalue weighted by Gasteiger charge is -2.18. The predicted octanol–water partition coefficient (Wildman–Crippen LogP) is 8.64. The fourth-order valence-electron chi connectivity index (χ4n) is 2.03. The van der Waals surface area contributed by atoms with Crippen molar-refractivity contribution < 1.29 is 34.5 Å². The first-order valence-electron chi connectivity index (χ1n) is 15.1. The Balaban J connectivity index is -0.000000257. The second-order valence-electron chi connectivity index (χ2n) is 12.8. The molecule has 0 radical (unpaired) electrons. The van der Waals surface area contributed by atoms with Gasteiger partial charge in [0.2, 0.25) is 0 Å². The van der Waals surface area contributed by atoms with Crippen LogP contribution in [0.2, 0.25) is 0 Å². The third-order valence-electron chi connectivity index (χ3n) is 4.61. The number of hydrogen-bond acceptors (Lipinski definition) is 12. The molecule has 12 nitrogen and oxygen atoms in total. The molecule has 1 aliphatic heterocycles. The van der Waals surface area contributed by atoms with Crippen LogP contribution in [0.1, 0.15) is 116 Å². The second kappa shape index (κ2) is 30.3. The summed E-state index contributed by atoms with van der Waals surface area (Å²) in [5.74, 6) is 0. The highest BCUT2D eigenvalue weighted by atomic mass is 16.7. The standard InChI is InChI=1S/C10H18N2O2.C10H17NO2.2C5H9NO.C5H8O/c1-9(2)5-7-12-14-10(3,4)6-8-11-13;1-9(2)5-7-11-13-10(3,4)6-8-12;1-5(2)3-4-6-7-5;1-5(2)3-4-6-7;1-5(2)3-4-6/h5,7-8,13H,6H2,1-4H3;5,7-8H,6H2,1-4H3;4H,3H2,1-2H3;3-4,7H,1-2H3;3-4H,1-2H3. The molecule has 1 rings (SSSR count). The molecule has 1 heterocycles. The Hall–Kier alpha value is -4.35. The molecule has 47 heavy (non-hydrogen) atoms. The Labute approximate surface area is 283 Å². The number of nitrogens with zero attached hydrogens (tertiary/aromatic N) is 5. The molecule has 268 valence electrons. The predicted molar refractivity (Wildman–Crippen MR) is 195 cm³/mol. The Bertz CT molecular complexity index is 1090. The first kappa shape index (κ1) is 49.5. The highest BCUT2D eigenvalue weighted by molar-refractivity contribution is 5.72. The van der Waals surface area contributed by atoms with Crippen LogP contribution in [-0.2, 0) is 24.1 Å². The smallest absolute Gasteiger partial charge is 0.142 e. The molecule has 0 saturated carbocycles. The lowest BCUT2D eigenvalue weighted by atomic mass is 10.1. The first-order chi connectivity index (χ1) is 21.7. The number of carbonyl (C=O) groups excluding carboxylic acids is 2. The van der Waals surface area contributed by atoms with E-state index in [1.165, 1.54) is 18.5 Å². The summed E-state index contributed by atoms with van der Waals surface area (Å²) in [6.07, 6.45) is 18.1. The van der Waals surface area contributed by atoms with Crippen molar-refractivity contribution in [1.82, 2.24) is 0 Å². The summed E-state index contributed by atoms with van der Waals surface area (Å²) in [5.41, 5.74) is 3.50. The molecule has 0 atom stereocenters. The third kappa shape index (κ3) is 48.7. The van der Waals surface area contributed by atoms with E-state index in [1.807, 2.05) is 109 Å². The van der Waals surface area contributed by atoms with Gasteiger partial charge in [-0.25, -0.2) is 0 Å². The fraction of sp³-hybridized carbons (Fsp3) is 0.571. The van der Waals surface area contributed by atoms with E-state index in [9.17, 15) is 9.59 Å². The molecule has 0 aromatic heterocycles. The average molecular weight is 664 g/mol. The summed E-state index contributed by atoms with van der Waals surface area (Å²) in [4.78, 5) is 35.0. The molecule has 0 fully saturated rings. The zero-order valence-electron chi connectivity index (χ0n) is 31.1. The van der Waals surface area contributed by atoms with E-state index in [2.05, 4.69) is 25.8 Å². The highest BCUT2D eigenvalue weighted by Crippen LogP contribution is 2.17. The van der Waals surface area contributed by atoms with Crippen LogP contribution in [0, 0.1) is 0 Å². The largest absolute Gasteiger partial charge is 0.411 e. The molecule has 0 aromatic carbocycles. The van der Waals surface area contributed by atoms with Gasteiger partial charge in [-0.1, -0.05) is 42.9 Å². The quantitative estimate of drug-likeness (QED) is 0.0693. The van der Waals surface area contributed by atoms with Gasteiger partial charge in [-0.05, 0) is 121 Å². The van der Waals surface area contributed by atoms with E-state index in [4.69, 9.17) is 24.9 Å². The average Bonchev–Trinajstić information content (AvgIpc) is 3.36. The van der Waals surface area contributed by atoms with E-state index < -0.39 is 11.2 Å². The summed E-state index contributed by atoms with van der Waals surface area (Å²) in [6.45, 7) is 27.0. The number of carbonyl (C=O) groups is 2. The maximum absolute atomic E-state index is 10.2. The maximum atomic E-state index is 10.2. The molecule has 12 heteroatoms. The molecule has 0 unspecified atom stereocenters. The third-order valence-corrected chi connectivity index (χ3v) is 4.61. The van der Waals surface area contributed by atoms with Crippen molar-refractivity contribution in [1.29, 1.82) is 0 Å². The maximum Gasteiger partial charge on any atom is 0.142 e. The second-order valence-corrected chi connectivity index (χ2v) is 12.8. The van der Waals surface area contributed by atoms with Crippen molar-refractivity contribution in [3.8, 4) is 0 Å². The zero-order valence-corrected chi connectivity index (χ0v) is 31.1. The number of hydrogen-bond donors (Lipinski definition) is 2. The normalized spacial score (nSPS) is 12.8. The van der Waals surface area contributed by atoms with Gasteiger partial charge in [-0.2, -0.15) is 0 Å². The van der Waals surface area contributed by atoms with Crippen molar-refractivity contribution in [2.75, 3.05) is 0 Å². The van der Waals surface area contributed by atoms with Crippen molar-refractivity contribution >= 4 is 43.6 Å². The van der Waals surface area contributed by atoms with Crippen molar-refractivity contribution in [2.24, 2.45) is 25.8 Å². The van der Waals surface area contributed by atoms with Gasteiger partial charge in [-0.15, -0.1) is 5.16 Å². The zero-order chi connectivity index (χ0) is 37.4. The van der Waals surface area contributed by atoms with Crippen LogP contribution < -0.4 is 0 Å². The first-order valence-corrected chi connectivity index (χ1v) is 15.1. The number of allylic oxidation sites excluding steroid dienone is 8.